The highest BCUT2D eigenvalue weighted by molar-refractivity contribution is 7.89. The number of rotatable bonds is 6. The molecule has 3 rings (SSSR count). The molecular weight excluding hydrogens is 378 g/mol. The summed E-state index contributed by atoms with van der Waals surface area (Å²) < 4.78 is 32.6. The van der Waals surface area contributed by atoms with Gasteiger partial charge in [-0.2, -0.15) is 4.31 Å². The van der Waals surface area contributed by atoms with E-state index in [2.05, 4.69) is 6.92 Å². The maximum absolute atomic E-state index is 12.9. The second-order valence-corrected chi connectivity index (χ2v) is 9.76. The smallest absolute Gasteiger partial charge is 0.277 e. The number of ether oxygens (including phenoxy) is 1. The van der Waals surface area contributed by atoms with Crippen LogP contribution in [-0.2, 0) is 14.8 Å². The van der Waals surface area contributed by atoms with E-state index in [4.69, 9.17) is 4.74 Å². The summed E-state index contributed by atoms with van der Waals surface area (Å²) in [5, 5.41) is 0. The molecule has 0 unspecified atom stereocenters. The number of quaternary nitrogens is 1. The Hall–Kier alpha value is -1.64. The van der Waals surface area contributed by atoms with E-state index in [0.29, 0.717) is 51.0 Å². The van der Waals surface area contributed by atoms with Crippen molar-refractivity contribution in [3.8, 4) is 5.75 Å². The molecule has 1 aromatic rings. The highest BCUT2D eigenvalue weighted by Gasteiger charge is 2.32. The Morgan fingerprint density at radius 1 is 1.18 bits per heavy atom. The van der Waals surface area contributed by atoms with E-state index in [0.717, 1.165) is 19.5 Å². The average molecular weight is 411 g/mol. The number of carbonyl (C=O) groups is 1. The number of hydrogen-bond donors (Lipinski definition) is 1. The minimum atomic E-state index is -3.50. The van der Waals surface area contributed by atoms with Gasteiger partial charge in [0.1, 0.15) is 5.75 Å². The normalized spacial score (nSPS) is 22.2. The maximum atomic E-state index is 12.9. The first kappa shape index (κ1) is 21.1. The molecule has 7 nitrogen and oxygen atoms in total. The Balaban J connectivity index is 1.53. The molecule has 1 atom stereocenters. The van der Waals surface area contributed by atoms with E-state index in [1.807, 2.05) is 11.8 Å². The van der Waals surface area contributed by atoms with Crippen molar-refractivity contribution in [3.05, 3.63) is 24.3 Å². The number of piperidine rings is 1. The molecule has 156 valence electrons. The highest BCUT2D eigenvalue weighted by Crippen LogP contribution is 2.20. The molecule has 1 N–H and O–H groups in total. The summed E-state index contributed by atoms with van der Waals surface area (Å²) >= 11 is 0. The van der Waals surface area contributed by atoms with E-state index in [9.17, 15) is 13.2 Å². The quantitative estimate of drug-likeness (QED) is 0.729. The second kappa shape index (κ2) is 9.24. The van der Waals surface area contributed by atoms with Crippen molar-refractivity contribution in [3.63, 3.8) is 0 Å². The molecule has 2 aliphatic heterocycles. The Bertz CT molecular complexity index is 758. The van der Waals surface area contributed by atoms with Crippen LogP contribution in [0.15, 0.2) is 29.2 Å². The zero-order valence-corrected chi connectivity index (χ0v) is 17.7. The van der Waals surface area contributed by atoms with E-state index in [-0.39, 0.29) is 10.8 Å². The van der Waals surface area contributed by atoms with Gasteiger partial charge in [-0.3, -0.25) is 4.79 Å². The molecule has 0 saturated carbocycles. The number of hydrogen-bond acceptors (Lipinski definition) is 4. The molecule has 0 aliphatic carbocycles. The summed E-state index contributed by atoms with van der Waals surface area (Å²) in [5.74, 6) is 1.44. The van der Waals surface area contributed by atoms with Crippen LogP contribution in [0.2, 0.25) is 0 Å². The van der Waals surface area contributed by atoms with E-state index < -0.39 is 10.0 Å². The molecule has 2 aliphatic rings. The third-order valence-electron chi connectivity index (χ3n) is 5.61. The fourth-order valence-electron chi connectivity index (χ4n) is 3.98. The molecule has 2 heterocycles. The lowest BCUT2D eigenvalue weighted by Crippen LogP contribution is -3.15. The van der Waals surface area contributed by atoms with Gasteiger partial charge in [0.05, 0.1) is 37.7 Å². The number of benzene rings is 1. The fourth-order valence-corrected chi connectivity index (χ4v) is 5.43. The van der Waals surface area contributed by atoms with Gasteiger partial charge >= 0.3 is 0 Å². The predicted octanol–water partition coefficient (Wildman–Crippen LogP) is 0.233. The Morgan fingerprint density at radius 3 is 2.46 bits per heavy atom. The molecular formula is C20H32N3O4S+. The van der Waals surface area contributed by atoms with Crippen molar-refractivity contribution in [1.29, 1.82) is 0 Å². The predicted molar refractivity (Wildman–Crippen MR) is 107 cm³/mol. The average Bonchev–Trinajstić information content (AvgIpc) is 2.69. The summed E-state index contributed by atoms with van der Waals surface area (Å²) in [6, 6.07) is 6.58. The van der Waals surface area contributed by atoms with Crippen molar-refractivity contribution in [2.45, 2.75) is 31.6 Å². The lowest BCUT2D eigenvalue weighted by molar-refractivity contribution is -0.896. The summed E-state index contributed by atoms with van der Waals surface area (Å²) in [4.78, 5) is 16.0. The lowest BCUT2D eigenvalue weighted by atomic mass is 10.0. The van der Waals surface area contributed by atoms with Gasteiger partial charge in [-0.15, -0.1) is 0 Å². The Morgan fingerprint density at radius 2 is 1.86 bits per heavy atom. The SMILES string of the molecule is CCOc1ccc(S(=O)(=O)N2CC[NH+](CC(=O)N3CCC[C@H](C)C3)CC2)cc1. The molecule has 0 bridgehead atoms. The van der Waals surface area contributed by atoms with Crippen molar-refractivity contribution < 1.29 is 22.8 Å². The zero-order chi connectivity index (χ0) is 20.1. The minimum Gasteiger partial charge on any atom is -0.494 e. The lowest BCUT2D eigenvalue weighted by Gasteiger charge is -2.34. The monoisotopic (exact) mass is 410 g/mol. The minimum absolute atomic E-state index is 0.198. The summed E-state index contributed by atoms with van der Waals surface area (Å²) in [7, 11) is -3.50. The highest BCUT2D eigenvalue weighted by atomic mass is 32.2. The first-order chi connectivity index (χ1) is 13.4. The van der Waals surface area contributed by atoms with Gasteiger partial charge in [0.2, 0.25) is 10.0 Å². The summed E-state index contributed by atoms with van der Waals surface area (Å²) in [5.41, 5.74) is 0. The van der Waals surface area contributed by atoms with Crippen molar-refractivity contribution >= 4 is 15.9 Å². The number of nitrogens with zero attached hydrogens (tertiary/aromatic N) is 2. The topological polar surface area (TPSA) is 71.4 Å². The molecule has 28 heavy (non-hydrogen) atoms. The fraction of sp³-hybridized carbons (Fsp3) is 0.650. The Labute approximate surface area is 168 Å². The summed E-state index contributed by atoms with van der Waals surface area (Å²) in [6.45, 7) is 8.99. The van der Waals surface area contributed by atoms with Crippen molar-refractivity contribution in [1.82, 2.24) is 9.21 Å². The number of likely N-dealkylation sites (tertiary alicyclic amines) is 1. The van der Waals surface area contributed by atoms with Crippen LogP contribution in [0.4, 0.5) is 0 Å². The number of carbonyl (C=O) groups excluding carboxylic acids is 1. The standard InChI is InChI=1S/C20H31N3O4S/c1-3-27-18-6-8-19(9-7-18)28(25,26)23-13-11-21(12-14-23)16-20(24)22-10-4-5-17(2)15-22/h6-9,17H,3-5,10-16H2,1-2H3/p+1/t17-/m0/s1. The zero-order valence-electron chi connectivity index (χ0n) is 16.9. The molecule has 8 heteroatoms. The van der Waals surface area contributed by atoms with Gasteiger partial charge in [0.25, 0.3) is 5.91 Å². The molecule has 0 spiro atoms. The molecule has 1 aromatic carbocycles. The van der Waals surface area contributed by atoms with Gasteiger partial charge < -0.3 is 14.5 Å². The van der Waals surface area contributed by atoms with Crippen LogP contribution in [0.5, 0.6) is 5.75 Å². The van der Waals surface area contributed by atoms with Gasteiger partial charge in [0, 0.05) is 13.1 Å². The van der Waals surface area contributed by atoms with Gasteiger partial charge in [0.15, 0.2) is 6.54 Å². The largest absolute Gasteiger partial charge is 0.494 e. The van der Waals surface area contributed by atoms with Crippen LogP contribution in [0.3, 0.4) is 0 Å². The number of amides is 1. The van der Waals surface area contributed by atoms with E-state index in [1.165, 1.54) is 15.6 Å². The number of piperazine rings is 1. The number of nitrogens with one attached hydrogen (secondary N) is 1. The van der Waals surface area contributed by atoms with Gasteiger partial charge in [-0.05, 0) is 49.9 Å². The van der Waals surface area contributed by atoms with Gasteiger partial charge in [-0.25, -0.2) is 8.42 Å². The van der Waals surface area contributed by atoms with E-state index in [1.54, 1.807) is 24.3 Å². The van der Waals surface area contributed by atoms with Crippen LogP contribution in [0.1, 0.15) is 26.7 Å². The van der Waals surface area contributed by atoms with Crippen LogP contribution in [0.25, 0.3) is 0 Å². The number of sulfonamides is 1. The molecule has 0 aromatic heterocycles. The van der Waals surface area contributed by atoms with Crippen LogP contribution in [-0.4, -0.2) is 76.0 Å². The third kappa shape index (κ3) is 5.04. The summed E-state index contributed by atoms with van der Waals surface area (Å²) in [6.07, 6.45) is 2.27. The van der Waals surface area contributed by atoms with Crippen LogP contribution < -0.4 is 9.64 Å². The first-order valence-corrected chi connectivity index (χ1v) is 11.7. The molecule has 2 saturated heterocycles. The molecule has 0 radical (unpaired) electrons. The van der Waals surface area contributed by atoms with Crippen molar-refractivity contribution in [2.24, 2.45) is 5.92 Å². The second-order valence-electron chi connectivity index (χ2n) is 7.82. The maximum Gasteiger partial charge on any atom is 0.277 e. The molecule has 2 fully saturated rings. The van der Waals surface area contributed by atoms with E-state index >= 15 is 0 Å². The van der Waals surface area contributed by atoms with Crippen molar-refractivity contribution in [2.75, 3.05) is 52.4 Å². The molecule has 1 amide bonds. The van der Waals surface area contributed by atoms with Crippen LogP contribution in [0, 0.1) is 5.92 Å². The Kier molecular flexibility index (Phi) is 6.95. The first-order valence-electron chi connectivity index (χ1n) is 10.2. The van der Waals surface area contributed by atoms with Crippen LogP contribution >= 0.6 is 0 Å². The van der Waals surface area contributed by atoms with Gasteiger partial charge in [-0.1, -0.05) is 6.92 Å². The third-order valence-corrected chi connectivity index (χ3v) is 7.53.